The van der Waals surface area contributed by atoms with Gasteiger partial charge in [-0.1, -0.05) is 19.0 Å². The van der Waals surface area contributed by atoms with Gasteiger partial charge in [0.2, 0.25) is 0 Å². The molecule has 2 amide bonds. The second kappa shape index (κ2) is 6.92. The van der Waals surface area contributed by atoms with E-state index in [1.54, 1.807) is 14.0 Å². The molecule has 0 aromatic carbocycles. The van der Waals surface area contributed by atoms with E-state index in [4.69, 9.17) is 10.9 Å². The molecular weight excluding hydrogens is 196 g/mol. The molecule has 0 radical (unpaired) electrons. The first-order valence-electron chi connectivity index (χ1n) is 4.99. The number of amides is 2. The van der Waals surface area contributed by atoms with Gasteiger partial charge in [-0.15, -0.1) is 0 Å². The Bertz CT molecular complexity index is 230. The Labute approximate surface area is 90.1 Å². The first-order chi connectivity index (χ1) is 7.02. The molecule has 1 unspecified atom stereocenters. The predicted molar refractivity (Wildman–Crippen MR) is 58.9 cm³/mol. The first kappa shape index (κ1) is 13.5. The van der Waals surface area contributed by atoms with Crippen molar-refractivity contribution in [1.29, 1.82) is 0 Å². The minimum absolute atomic E-state index is 0.130. The molecule has 0 aliphatic rings. The molecule has 4 N–H and O–H groups in total. The molecule has 0 aliphatic heterocycles. The topological polar surface area (TPSA) is 91.0 Å². The van der Waals surface area contributed by atoms with Gasteiger partial charge in [-0.3, -0.25) is 0 Å². The van der Waals surface area contributed by atoms with Crippen molar-refractivity contribution >= 4 is 11.9 Å². The maximum absolute atomic E-state index is 11.4. The van der Waals surface area contributed by atoms with E-state index >= 15 is 0 Å². The summed E-state index contributed by atoms with van der Waals surface area (Å²) in [6.07, 6.45) is 0.898. The Morgan fingerprint density at radius 1 is 1.67 bits per heavy atom. The van der Waals surface area contributed by atoms with Crippen molar-refractivity contribution in [3.8, 4) is 0 Å². The van der Waals surface area contributed by atoms with Crippen molar-refractivity contribution in [2.24, 2.45) is 16.8 Å². The van der Waals surface area contributed by atoms with Gasteiger partial charge in [0.25, 0.3) is 0 Å². The molecule has 0 spiro atoms. The van der Waals surface area contributed by atoms with E-state index in [0.717, 1.165) is 6.42 Å². The predicted octanol–water partition coefficient (Wildman–Crippen LogP) is 0.420. The number of amidine groups is 1. The van der Waals surface area contributed by atoms with Gasteiger partial charge in [0, 0.05) is 26.1 Å². The van der Waals surface area contributed by atoms with Gasteiger partial charge in [-0.2, -0.15) is 0 Å². The summed E-state index contributed by atoms with van der Waals surface area (Å²) in [6, 6.07) is -0.144. The van der Waals surface area contributed by atoms with Crippen LogP contribution in [0.2, 0.25) is 0 Å². The van der Waals surface area contributed by atoms with Crippen molar-refractivity contribution in [1.82, 2.24) is 10.2 Å². The van der Waals surface area contributed by atoms with Crippen LogP contribution in [0.1, 0.15) is 20.3 Å². The molecule has 6 nitrogen and oxygen atoms in total. The van der Waals surface area contributed by atoms with Crippen molar-refractivity contribution in [2.75, 3.05) is 20.1 Å². The largest absolute Gasteiger partial charge is 0.409 e. The number of carbonyl (C=O) groups is 1. The van der Waals surface area contributed by atoms with Crippen LogP contribution in [0.25, 0.3) is 0 Å². The Morgan fingerprint density at radius 3 is 2.73 bits per heavy atom. The standard InChI is InChI=1S/C9H20N4O2/c1-4-5-11-9(14)13(3)6-7(2)8(10)12-15/h7,15H,4-6H2,1-3H3,(H2,10,12)(H,11,14). The van der Waals surface area contributed by atoms with Crippen molar-refractivity contribution in [2.45, 2.75) is 20.3 Å². The minimum Gasteiger partial charge on any atom is -0.409 e. The molecule has 0 fully saturated rings. The number of nitrogens with two attached hydrogens (primary N) is 1. The van der Waals surface area contributed by atoms with E-state index in [1.165, 1.54) is 4.90 Å². The molecule has 0 rings (SSSR count). The van der Waals surface area contributed by atoms with Gasteiger partial charge in [-0.25, -0.2) is 4.79 Å². The maximum Gasteiger partial charge on any atom is 0.317 e. The number of rotatable bonds is 5. The van der Waals surface area contributed by atoms with E-state index < -0.39 is 0 Å². The lowest BCUT2D eigenvalue weighted by molar-refractivity contribution is 0.205. The Morgan fingerprint density at radius 2 is 2.27 bits per heavy atom. The number of hydrogen-bond acceptors (Lipinski definition) is 3. The van der Waals surface area contributed by atoms with E-state index in [-0.39, 0.29) is 17.8 Å². The van der Waals surface area contributed by atoms with Crippen LogP contribution in [0.15, 0.2) is 5.16 Å². The van der Waals surface area contributed by atoms with Gasteiger partial charge in [0.05, 0.1) is 0 Å². The summed E-state index contributed by atoms with van der Waals surface area (Å²) in [4.78, 5) is 12.9. The van der Waals surface area contributed by atoms with Crippen LogP contribution in [-0.4, -0.2) is 42.1 Å². The molecule has 88 valence electrons. The van der Waals surface area contributed by atoms with Gasteiger partial charge in [0.1, 0.15) is 5.84 Å². The summed E-state index contributed by atoms with van der Waals surface area (Å²) < 4.78 is 0. The van der Waals surface area contributed by atoms with Crippen LogP contribution < -0.4 is 11.1 Å². The normalized spacial score (nSPS) is 13.4. The third kappa shape index (κ3) is 5.09. The molecule has 1 atom stereocenters. The number of nitrogens with one attached hydrogen (secondary N) is 1. The Kier molecular flexibility index (Phi) is 6.24. The highest BCUT2D eigenvalue weighted by atomic mass is 16.4. The molecule has 0 aromatic rings. The van der Waals surface area contributed by atoms with E-state index in [9.17, 15) is 4.79 Å². The SMILES string of the molecule is CCCNC(=O)N(C)CC(C)C(N)=NO. The third-order valence-electron chi connectivity index (χ3n) is 2.04. The van der Waals surface area contributed by atoms with Gasteiger partial charge < -0.3 is 21.2 Å². The number of oxime groups is 1. The zero-order chi connectivity index (χ0) is 11.8. The molecule has 0 saturated heterocycles. The second-order valence-corrected chi connectivity index (χ2v) is 3.54. The number of urea groups is 1. The van der Waals surface area contributed by atoms with Crippen LogP contribution in [0.3, 0.4) is 0 Å². The Balaban J connectivity index is 4.01. The average Bonchev–Trinajstić information content (AvgIpc) is 2.24. The average molecular weight is 216 g/mol. The van der Waals surface area contributed by atoms with Crippen molar-refractivity contribution < 1.29 is 10.0 Å². The van der Waals surface area contributed by atoms with Crippen LogP contribution in [-0.2, 0) is 0 Å². The zero-order valence-corrected chi connectivity index (χ0v) is 9.53. The highest BCUT2D eigenvalue weighted by Gasteiger charge is 2.14. The molecule has 0 bridgehead atoms. The molecule has 0 aromatic heterocycles. The van der Waals surface area contributed by atoms with Gasteiger partial charge in [0.15, 0.2) is 0 Å². The molecular formula is C9H20N4O2. The monoisotopic (exact) mass is 216 g/mol. The summed E-state index contributed by atoms with van der Waals surface area (Å²) in [5, 5.41) is 14.1. The fraction of sp³-hybridized carbons (Fsp3) is 0.778. The highest BCUT2D eigenvalue weighted by molar-refractivity contribution is 5.83. The maximum atomic E-state index is 11.4. The fourth-order valence-electron chi connectivity index (χ4n) is 1.05. The van der Waals surface area contributed by atoms with Crippen molar-refractivity contribution in [3.05, 3.63) is 0 Å². The lowest BCUT2D eigenvalue weighted by Gasteiger charge is -2.21. The van der Waals surface area contributed by atoms with Crippen LogP contribution in [0, 0.1) is 5.92 Å². The van der Waals surface area contributed by atoms with Crippen LogP contribution in [0.4, 0.5) is 4.79 Å². The molecule has 0 saturated carbocycles. The summed E-state index contributed by atoms with van der Waals surface area (Å²) in [5.41, 5.74) is 5.41. The number of carbonyl (C=O) groups excluding carboxylic acids is 1. The molecule has 6 heteroatoms. The lowest BCUT2D eigenvalue weighted by atomic mass is 10.1. The molecule has 0 heterocycles. The lowest BCUT2D eigenvalue weighted by Crippen LogP contribution is -2.42. The number of hydrogen-bond donors (Lipinski definition) is 3. The fourth-order valence-corrected chi connectivity index (χ4v) is 1.05. The van der Waals surface area contributed by atoms with Crippen LogP contribution in [0.5, 0.6) is 0 Å². The van der Waals surface area contributed by atoms with E-state index in [2.05, 4.69) is 10.5 Å². The Hall–Kier alpha value is -1.46. The van der Waals surface area contributed by atoms with E-state index in [0.29, 0.717) is 13.1 Å². The summed E-state index contributed by atoms with van der Waals surface area (Å²) >= 11 is 0. The molecule has 15 heavy (non-hydrogen) atoms. The highest BCUT2D eigenvalue weighted by Crippen LogP contribution is 1.98. The van der Waals surface area contributed by atoms with E-state index in [1.807, 2.05) is 6.92 Å². The second-order valence-electron chi connectivity index (χ2n) is 3.54. The summed E-state index contributed by atoms with van der Waals surface area (Å²) in [5.74, 6) is -0.0301. The van der Waals surface area contributed by atoms with Crippen molar-refractivity contribution in [3.63, 3.8) is 0 Å². The summed E-state index contributed by atoms with van der Waals surface area (Å²) in [6.45, 7) is 4.85. The smallest absolute Gasteiger partial charge is 0.317 e. The quantitative estimate of drug-likeness (QED) is 0.269. The van der Waals surface area contributed by atoms with Gasteiger partial charge in [-0.05, 0) is 6.42 Å². The summed E-state index contributed by atoms with van der Waals surface area (Å²) in [7, 11) is 1.67. The molecule has 0 aliphatic carbocycles. The van der Waals surface area contributed by atoms with Crippen LogP contribution >= 0.6 is 0 Å². The van der Waals surface area contributed by atoms with Gasteiger partial charge >= 0.3 is 6.03 Å². The minimum atomic E-state index is -0.160. The number of nitrogens with zero attached hydrogens (tertiary/aromatic N) is 2. The third-order valence-corrected chi connectivity index (χ3v) is 2.04. The first-order valence-corrected chi connectivity index (χ1v) is 4.99. The zero-order valence-electron chi connectivity index (χ0n) is 9.53.